The molecule has 0 radical (unpaired) electrons. The smallest absolute Gasteiger partial charge is 0.0346 e. The summed E-state index contributed by atoms with van der Waals surface area (Å²) in [5.41, 5.74) is 7.63. The summed E-state index contributed by atoms with van der Waals surface area (Å²) < 4.78 is 1.35. The van der Waals surface area contributed by atoms with Gasteiger partial charge in [0.2, 0.25) is 0 Å². The second-order valence-corrected chi connectivity index (χ2v) is 5.55. The normalized spacial score (nSPS) is 13.1. The third-order valence-corrected chi connectivity index (χ3v) is 4.26. The molecule has 0 spiro atoms. The van der Waals surface area contributed by atoms with Crippen molar-refractivity contribution in [2.75, 3.05) is 0 Å². The third kappa shape index (κ3) is 3.08. The summed E-state index contributed by atoms with van der Waals surface area (Å²) in [6.45, 7) is 2.24. The Bertz CT molecular complexity index is 461. The van der Waals surface area contributed by atoms with Crippen molar-refractivity contribution in [1.82, 2.24) is 0 Å². The second-order valence-electron chi connectivity index (χ2n) is 4.64. The third-order valence-electron chi connectivity index (χ3n) is 3.28. The van der Waals surface area contributed by atoms with Crippen LogP contribution in [0.1, 0.15) is 50.6 Å². The maximum absolute atomic E-state index is 6.29. The quantitative estimate of drug-likeness (QED) is 0.724. The van der Waals surface area contributed by atoms with E-state index in [-0.39, 0.29) is 6.04 Å². The fourth-order valence-corrected chi connectivity index (χ4v) is 3.26. The van der Waals surface area contributed by atoms with Crippen LogP contribution in [0.25, 0.3) is 10.1 Å². The number of benzene rings is 1. The minimum atomic E-state index is 0.211. The van der Waals surface area contributed by atoms with Crippen molar-refractivity contribution in [2.45, 2.75) is 45.1 Å². The molecule has 0 saturated carbocycles. The zero-order valence-corrected chi connectivity index (χ0v) is 11.3. The molecule has 1 atom stereocenters. The first-order valence-corrected chi connectivity index (χ1v) is 7.42. The molecule has 2 heteroatoms. The molecule has 2 aromatic rings. The van der Waals surface area contributed by atoms with Gasteiger partial charge in [-0.1, -0.05) is 50.8 Å². The van der Waals surface area contributed by atoms with Crippen molar-refractivity contribution in [3.63, 3.8) is 0 Å². The molecule has 1 nitrogen and oxygen atoms in total. The molecule has 2 rings (SSSR count). The highest BCUT2D eigenvalue weighted by Gasteiger charge is 2.10. The van der Waals surface area contributed by atoms with Gasteiger partial charge < -0.3 is 5.73 Å². The summed E-state index contributed by atoms with van der Waals surface area (Å²) in [5, 5.41) is 3.58. The number of fused-ring (bicyclic) bond motifs is 1. The molecule has 0 saturated heterocycles. The van der Waals surface area contributed by atoms with Crippen molar-refractivity contribution >= 4 is 21.4 Å². The van der Waals surface area contributed by atoms with E-state index in [1.54, 1.807) is 11.3 Å². The molecule has 1 aromatic heterocycles. The molecule has 0 fully saturated rings. The van der Waals surface area contributed by atoms with Gasteiger partial charge in [0.25, 0.3) is 0 Å². The predicted molar refractivity (Wildman–Crippen MR) is 77.5 cm³/mol. The molecule has 0 amide bonds. The fraction of sp³-hybridized carbons (Fsp3) is 0.467. The van der Waals surface area contributed by atoms with Gasteiger partial charge in [-0.15, -0.1) is 11.3 Å². The Kier molecular flexibility index (Phi) is 4.57. The van der Waals surface area contributed by atoms with E-state index in [4.69, 9.17) is 5.73 Å². The Morgan fingerprint density at radius 2 is 2.00 bits per heavy atom. The van der Waals surface area contributed by atoms with Crippen LogP contribution in [0.3, 0.4) is 0 Å². The first kappa shape index (κ1) is 12.6. The van der Waals surface area contributed by atoms with Gasteiger partial charge in [0, 0.05) is 10.7 Å². The van der Waals surface area contributed by atoms with Crippen molar-refractivity contribution in [3.05, 3.63) is 35.2 Å². The summed E-state index contributed by atoms with van der Waals surface area (Å²) in [6, 6.07) is 8.76. The van der Waals surface area contributed by atoms with Gasteiger partial charge in [-0.2, -0.15) is 0 Å². The fourth-order valence-electron chi connectivity index (χ4n) is 2.23. The van der Waals surface area contributed by atoms with E-state index < -0.39 is 0 Å². The standard InChI is InChI=1S/C15H21NS/c1-2-3-4-5-9-14(16)13-11-17-15-10-7-6-8-12(13)15/h6-8,10-11,14H,2-5,9,16H2,1H3. The van der Waals surface area contributed by atoms with Gasteiger partial charge in [0.15, 0.2) is 0 Å². The van der Waals surface area contributed by atoms with E-state index in [1.807, 2.05) is 0 Å². The van der Waals surface area contributed by atoms with Crippen LogP contribution >= 0.6 is 11.3 Å². The first-order chi connectivity index (χ1) is 8.33. The highest BCUT2D eigenvalue weighted by Crippen LogP contribution is 2.31. The van der Waals surface area contributed by atoms with E-state index >= 15 is 0 Å². The molecule has 1 unspecified atom stereocenters. The lowest BCUT2D eigenvalue weighted by molar-refractivity contribution is 0.569. The van der Waals surface area contributed by atoms with Gasteiger partial charge in [0.05, 0.1) is 0 Å². The van der Waals surface area contributed by atoms with Gasteiger partial charge >= 0.3 is 0 Å². The molecular weight excluding hydrogens is 226 g/mol. The van der Waals surface area contributed by atoms with Crippen molar-refractivity contribution in [3.8, 4) is 0 Å². The van der Waals surface area contributed by atoms with E-state index in [0.717, 1.165) is 6.42 Å². The van der Waals surface area contributed by atoms with Crippen LogP contribution in [0.4, 0.5) is 0 Å². The zero-order valence-electron chi connectivity index (χ0n) is 10.5. The minimum absolute atomic E-state index is 0.211. The molecule has 2 N–H and O–H groups in total. The van der Waals surface area contributed by atoms with Crippen LogP contribution in [0.5, 0.6) is 0 Å². The first-order valence-electron chi connectivity index (χ1n) is 6.54. The van der Waals surface area contributed by atoms with Crippen LogP contribution in [0, 0.1) is 0 Å². The van der Waals surface area contributed by atoms with E-state index in [9.17, 15) is 0 Å². The molecular formula is C15H21NS. The lowest BCUT2D eigenvalue weighted by atomic mass is 10.0. The minimum Gasteiger partial charge on any atom is -0.324 e. The lowest BCUT2D eigenvalue weighted by Gasteiger charge is -2.10. The molecule has 92 valence electrons. The van der Waals surface area contributed by atoms with Gasteiger partial charge in [-0.05, 0) is 28.8 Å². The second kappa shape index (κ2) is 6.18. The van der Waals surface area contributed by atoms with Crippen LogP contribution < -0.4 is 5.73 Å². The summed E-state index contributed by atoms with van der Waals surface area (Å²) in [5.74, 6) is 0. The number of unbranched alkanes of at least 4 members (excludes halogenated alkanes) is 3. The zero-order chi connectivity index (χ0) is 12.1. The van der Waals surface area contributed by atoms with Crippen LogP contribution in [0.2, 0.25) is 0 Å². The van der Waals surface area contributed by atoms with Crippen LogP contribution in [0.15, 0.2) is 29.6 Å². The maximum Gasteiger partial charge on any atom is 0.0346 e. The average Bonchev–Trinajstić information content (AvgIpc) is 2.78. The van der Waals surface area contributed by atoms with Gasteiger partial charge in [-0.3, -0.25) is 0 Å². The van der Waals surface area contributed by atoms with E-state index in [2.05, 4.69) is 36.6 Å². The Morgan fingerprint density at radius 1 is 1.18 bits per heavy atom. The van der Waals surface area contributed by atoms with Crippen molar-refractivity contribution in [1.29, 1.82) is 0 Å². The van der Waals surface area contributed by atoms with Crippen molar-refractivity contribution < 1.29 is 0 Å². The molecule has 0 bridgehead atoms. The molecule has 1 heterocycles. The topological polar surface area (TPSA) is 26.0 Å². The molecule has 1 aromatic carbocycles. The number of hydrogen-bond donors (Lipinski definition) is 1. The summed E-state index contributed by atoms with van der Waals surface area (Å²) >= 11 is 1.81. The average molecular weight is 247 g/mol. The lowest BCUT2D eigenvalue weighted by Crippen LogP contribution is -2.09. The number of nitrogens with two attached hydrogens (primary N) is 1. The Balaban J connectivity index is 2.01. The monoisotopic (exact) mass is 247 g/mol. The number of rotatable bonds is 6. The van der Waals surface area contributed by atoms with Gasteiger partial charge in [0.1, 0.15) is 0 Å². The van der Waals surface area contributed by atoms with Crippen molar-refractivity contribution in [2.24, 2.45) is 5.73 Å². The highest BCUT2D eigenvalue weighted by molar-refractivity contribution is 7.17. The Hall–Kier alpha value is -0.860. The molecule has 0 aliphatic carbocycles. The van der Waals surface area contributed by atoms with Crippen LogP contribution in [-0.4, -0.2) is 0 Å². The SMILES string of the molecule is CCCCCCC(N)c1csc2ccccc12. The Labute approximate surface area is 108 Å². The largest absolute Gasteiger partial charge is 0.324 e. The molecule has 0 aliphatic heterocycles. The maximum atomic E-state index is 6.29. The summed E-state index contributed by atoms with van der Waals surface area (Å²) in [6.07, 6.45) is 6.29. The van der Waals surface area contributed by atoms with E-state index in [1.165, 1.54) is 41.3 Å². The summed E-state index contributed by atoms with van der Waals surface area (Å²) in [7, 11) is 0. The number of hydrogen-bond acceptors (Lipinski definition) is 2. The summed E-state index contributed by atoms with van der Waals surface area (Å²) in [4.78, 5) is 0. The molecule has 0 aliphatic rings. The van der Waals surface area contributed by atoms with Gasteiger partial charge in [-0.25, -0.2) is 0 Å². The molecule has 17 heavy (non-hydrogen) atoms. The van der Waals surface area contributed by atoms with Crippen LogP contribution in [-0.2, 0) is 0 Å². The highest BCUT2D eigenvalue weighted by atomic mass is 32.1. The number of thiophene rings is 1. The Morgan fingerprint density at radius 3 is 2.82 bits per heavy atom. The van der Waals surface area contributed by atoms with E-state index in [0.29, 0.717) is 0 Å². The predicted octanol–water partition coefficient (Wildman–Crippen LogP) is 4.87.